The van der Waals surface area contributed by atoms with E-state index in [0.29, 0.717) is 11.2 Å². The first kappa shape index (κ1) is 10.4. The van der Waals surface area contributed by atoms with Crippen LogP contribution in [0.5, 0.6) is 0 Å². The number of nitrogens with two attached hydrogens (primary N) is 2. The van der Waals surface area contributed by atoms with Crippen molar-refractivity contribution in [3.8, 4) is 0 Å². The van der Waals surface area contributed by atoms with Crippen LogP contribution in [0.3, 0.4) is 0 Å². The molecule has 0 saturated carbocycles. The van der Waals surface area contributed by atoms with Gasteiger partial charge in [0.1, 0.15) is 11.8 Å². The molecule has 2 aromatic heterocycles. The lowest BCUT2D eigenvalue weighted by Gasteiger charge is -1.77. The summed E-state index contributed by atoms with van der Waals surface area (Å²) < 4.78 is 18.4. The summed E-state index contributed by atoms with van der Waals surface area (Å²) in [4.78, 5) is 7.58. The average Bonchev–Trinajstić information content (AvgIpc) is 2.47. The van der Waals surface area contributed by atoms with Crippen LogP contribution in [-0.4, -0.2) is 33.8 Å². The van der Waals surface area contributed by atoms with Gasteiger partial charge in [-0.2, -0.15) is 18.7 Å². The summed E-state index contributed by atoms with van der Waals surface area (Å²) in [7, 11) is -3.67. The molecular formula is C4H7N7O2S. The van der Waals surface area contributed by atoms with Crippen molar-refractivity contribution in [2.45, 2.75) is 0 Å². The fourth-order valence-corrected chi connectivity index (χ4v) is 0.607. The van der Waals surface area contributed by atoms with Crippen LogP contribution in [0, 0.1) is 0 Å². The molecule has 76 valence electrons. The number of aromatic amines is 1. The Labute approximate surface area is 78.7 Å². The van der Waals surface area contributed by atoms with Gasteiger partial charge < -0.3 is 0 Å². The van der Waals surface area contributed by atoms with Crippen LogP contribution in [0.25, 0.3) is 11.2 Å². The van der Waals surface area contributed by atoms with Gasteiger partial charge in [-0.15, -0.1) is 5.10 Å². The molecule has 0 amide bonds. The number of aromatic nitrogens is 5. The highest BCUT2D eigenvalue weighted by Crippen LogP contribution is 1.96. The minimum Gasteiger partial charge on any atom is -0.242 e. The maximum atomic E-state index is 9.19. The van der Waals surface area contributed by atoms with E-state index in [1.165, 1.54) is 6.33 Å². The van der Waals surface area contributed by atoms with Crippen molar-refractivity contribution in [3.05, 3.63) is 12.5 Å². The topological polar surface area (TPSA) is 154 Å². The number of nitrogens with one attached hydrogen (secondary N) is 1. The summed E-state index contributed by atoms with van der Waals surface area (Å²) in [6.45, 7) is 0. The maximum Gasteiger partial charge on any atom is 0.271 e. The number of hydrogen-bond donors (Lipinski definition) is 3. The molecule has 0 unspecified atom stereocenters. The van der Waals surface area contributed by atoms with Crippen LogP contribution in [-0.2, 0) is 10.2 Å². The summed E-state index contributed by atoms with van der Waals surface area (Å²) in [6.07, 6.45) is 3.04. The van der Waals surface area contributed by atoms with Crippen molar-refractivity contribution >= 4 is 21.4 Å². The predicted octanol–water partition coefficient (Wildman–Crippen LogP) is -2.10. The van der Waals surface area contributed by atoms with Gasteiger partial charge in [-0.1, -0.05) is 0 Å². The molecule has 0 aliphatic carbocycles. The van der Waals surface area contributed by atoms with E-state index < -0.39 is 10.2 Å². The van der Waals surface area contributed by atoms with E-state index in [4.69, 9.17) is 0 Å². The monoisotopic (exact) mass is 217 g/mol. The molecule has 0 fully saturated rings. The van der Waals surface area contributed by atoms with Gasteiger partial charge in [0.25, 0.3) is 10.2 Å². The largest absolute Gasteiger partial charge is 0.271 e. The first-order valence-electron chi connectivity index (χ1n) is 3.24. The minimum absolute atomic E-state index is 0.602. The van der Waals surface area contributed by atoms with Gasteiger partial charge in [0, 0.05) is 0 Å². The molecule has 5 N–H and O–H groups in total. The molecule has 0 radical (unpaired) electrons. The fourth-order valence-electron chi connectivity index (χ4n) is 0.607. The zero-order valence-corrected chi connectivity index (χ0v) is 7.64. The number of nitrogens with zero attached hydrogens (tertiary/aromatic N) is 4. The van der Waals surface area contributed by atoms with E-state index >= 15 is 0 Å². The van der Waals surface area contributed by atoms with E-state index in [-0.39, 0.29) is 0 Å². The Kier molecular flexibility index (Phi) is 3.01. The molecule has 0 atom stereocenters. The molecular weight excluding hydrogens is 210 g/mol. The third kappa shape index (κ3) is 3.84. The third-order valence-electron chi connectivity index (χ3n) is 0.999. The normalized spacial score (nSPS) is 10.7. The fraction of sp³-hybridized carbons (Fsp3) is 0. The Balaban J connectivity index is 0.000000171. The van der Waals surface area contributed by atoms with Crippen LogP contribution in [0.2, 0.25) is 0 Å². The summed E-state index contributed by atoms with van der Waals surface area (Å²) in [5.41, 5.74) is 1.29. The van der Waals surface area contributed by atoms with Crippen molar-refractivity contribution in [1.29, 1.82) is 0 Å². The summed E-state index contributed by atoms with van der Waals surface area (Å²) >= 11 is 0. The van der Waals surface area contributed by atoms with Gasteiger partial charge in [0.2, 0.25) is 5.65 Å². The van der Waals surface area contributed by atoms with Gasteiger partial charge in [0.05, 0.1) is 6.20 Å². The standard InChI is InChI=1S/C4H3N5.H4N2O2S/c1-3-4(6-2-5-1)8-9-7-3;1-5(2,3)4/h1-2H,(H,5,6,7,8,9);(H4,1,2,3,4). The quantitative estimate of drug-likeness (QED) is 0.459. The zero-order valence-electron chi connectivity index (χ0n) is 6.82. The summed E-state index contributed by atoms with van der Waals surface area (Å²) in [5, 5.41) is 18.1. The smallest absolute Gasteiger partial charge is 0.242 e. The molecule has 0 aliphatic rings. The Bertz CT molecular complexity index is 467. The van der Waals surface area contributed by atoms with E-state index in [1.807, 2.05) is 0 Å². The Morgan fingerprint density at radius 3 is 2.50 bits per heavy atom. The highest BCUT2D eigenvalue weighted by molar-refractivity contribution is 7.86. The van der Waals surface area contributed by atoms with Crippen LogP contribution in [0.4, 0.5) is 0 Å². The molecule has 10 heteroatoms. The maximum absolute atomic E-state index is 9.19. The lowest BCUT2D eigenvalue weighted by atomic mass is 10.6. The molecule has 14 heavy (non-hydrogen) atoms. The second-order valence-electron chi connectivity index (χ2n) is 2.14. The van der Waals surface area contributed by atoms with E-state index in [2.05, 4.69) is 35.7 Å². The molecule has 2 aromatic rings. The minimum atomic E-state index is -3.67. The number of hydrogen-bond acceptors (Lipinski definition) is 6. The SMILES string of the molecule is NS(N)(=O)=O.c1ncc2n[nH]nc2n1. The van der Waals surface area contributed by atoms with E-state index in [1.54, 1.807) is 6.20 Å². The van der Waals surface area contributed by atoms with Crippen molar-refractivity contribution < 1.29 is 8.42 Å². The van der Waals surface area contributed by atoms with Gasteiger partial charge in [0.15, 0.2) is 0 Å². The number of H-pyrrole nitrogens is 1. The van der Waals surface area contributed by atoms with Crippen LogP contribution in [0.1, 0.15) is 0 Å². The predicted molar refractivity (Wildman–Crippen MR) is 46.8 cm³/mol. The second kappa shape index (κ2) is 4.04. The molecule has 0 saturated heterocycles. The van der Waals surface area contributed by atoms with Crippen LogP contribution < -0.4 is 10.3 Å². The average molecular weight is 217 g/mol. The lowest BCUT2D eigenvalue weighted by molar-refractivity contribution is 0.599. The first-order valence-corrected chi connectivity index (χ1v) is 4.85. The van der Waals surface area contributed by atoms with Crippen molar-refractivity contribution in [2.24, 2.45) is 10.3 Å². The number of rotatable bonds is 0. The van der Waals surface area contributed by atoms with Crippen LogP contribution in [0.15, 0.2) is 12.5 Å². The molecule has 0 aliphatic heterocycles. The Morgan fingerprint density at radius 1 is 1.29 bits per heavy atom. The summed E-state index contributed by atoms with van der Waals surface area (Å²) in [5.74, 6) is 0. The van der Waals surface area contributed by atoms with Crippen molar-refractivity contribution in [3.63, 3.8) is 0 Å². The molecule has 9 nitrogen and oxygen atoms in total. The highest BCUT2D eigenvalue weighted by atomic mass is 32.2. The number of fused-ring (bicyclic) bond motifs is 1. The van der Waals surface area contributed by atoms with Gasteiger partial charge in [-0.25, -0.2) is 20.2 Å². The molecule has 0 bridgehead atoms. The van der Waals surface area contributed by atoms with Gasteiger partial charge in [-0.3, -0.25) is 0 Å². The van der Waals surface area contributed by atoms with Gasteiger partial charge >= 0.3 is 0 Å². The third-order valence-corrected chi connectivity index (χ3v) is 0.999. The van der Waals surface area contributed by atoms with Gasteiger partial charge in [-0.05, 0) is 0 Å². The van der Waals surface area contributed by atoms with Crippen LogP contribution >= 0.6 is 0 Å². The molecule has 2 heterocycles. The van der Waals surface area contributed by atoms with E-state index in [0.717, 1.165) is 0 Å². The highest BCUT2D eigenvalue weighted by Gasteiger charge is 1.93. The Morgan fingerprint density at radius 2 is 1.93 bits per heavy atom. The second-order valence-corrected chi connectivity index (χ2v) is 3.32. The zero-order chi connectivity index (χ0) is 10.6. The molecule has 0 aromatic carbocycles. The first-order chi connectivity index (χ1) is 6.47. The molecule has 2 rings (SSSR count). The van der Waals surface area contributed by atoms with Crippen molar-refractivity contribution in [1.82, 2.24) is 25.4 Å². The molecule has 0 spiro atoms. The lowest BCUT2D eigenvalue weighted by Crippen LogP contribution is -2.21. The Hall–Kier alpha value is -1.65. The van der Waals surface area contributed by atoms with E-state index in [9.17, 15) is 8.42 Å². The summed E-state index contributed by atoms with van der Waals surface area (Å²) in [6, 6.07) is 0. The van der Waals surface area contributed by atoms with Crippen molar-refractivity contribution in [2.75, 3.05) is 0 Å².